The molecule has 2 N–H and O–H groups in total. The van der Waals surface area contributed by atoms with Gasteiger partial charge in [-0.25, -0.2) is 13.4 Å². The van der Waals surface area contributed by atoms with Gasteiger partial charge in [0.2, 0.25) is 11.8 Å². The molecule has 9 heteroatoms. The summed E-state index contributed by atoms with van der Waals surface area (Å²) in [6, 6.07) is 17.9. The van der Waals surface area contributed by atoms with E-state index < -0.39 is 22.0 Å². The first kappa shape index (κ1) is 23.3. The molecule has 8 nitrogen and oxygen atoms in total. The number of amides is 1. The van der Waals surface area contributed by atoms with Gasteiger partial charge in [0, 0.05) is 0 Å². The largest absolute Gasteiger partial charge is 0.468 e. The van der Waals surface area contributed by atoms with Crippen LogP contribution in [0, 0.1) is 0 Å². The predicted molar refractivity (Wildman–Crippen MR) is 132 cm³/mol. The van der Waals surface area contributed by atoms with Crippen molar-refractivity contribution in [2.75, 3.05) is 22.8 Å². The van der Waals surface area contributed by atoms with Gasteiger partial charge in [0.25, 0.3) is 10.0 Å². The van der Waals surface area contributed by atoms with Crippen LogP contribution in [0.3, 0.4) is 0 Å². The number of aliphatic hydroxyl groups excluding tert-OH is 1. The first-order chi connectivity index (χ1) is 16.9. The van der Waals surface area contributed by atoms with E-state index in [2.05, 4.69) is 10.3 Å². The van der Waals surface area contributed by atoms with Crippen LogP contribution in [0.25, 0.3) is 0 Å². The summed E-state index contributed by atoms with van der Waals surface area (Å²) in [7, 11) is -3.96. The molecule has 1 aliphatic carbocycles. The number of hydrogen-bond acceptors (Lipinski definition) is 6. The van der Waals surface area contributed by atoms with Gasteiger partial charge in [-0.2, -0.15) is 0 Å². The summed E-state index contributed by atoms with van der Waals surface area (Å²) in [6.07, 6.45) is 2.79. The molecule has 2 heterocycles. The Morgan fingerprint density at radius 1 is 1.17 bits per heavy atom. The van der Waals surface area contributed by atoms with Crippen LogP contribution in [-0.4, -0.2) is 43.7 Å². The third-order valence-corrected chi connectivity index (χ3v) is 8.18. The highest BCUT2D eigenvalue weighted by Gasteiger charge is 2.36. The Kier molecular flexibility index (Phi) is 6.21. The maximum Gasteiger partial charge on any atom is 0.264 e. The van der Waals surface area contributed by atoms with E-state index in [1.807, 2.05) is 36.4 Å². The minimum Gasteiger partial charge on any atom is -0.468 e. The van der Waals surface area contributed by atoms with Gasteiger partial charge in [-0.15, -0.1) is 0 Å². The van der Waals surface area contributed by atoms with Crippen molar-refractivity contribution in [3.05, 3.63) is 78.0 Å². The molecule has 35 heavy (non-hydrogen) atoms. The third-order valence-electron chi connectivity index (χ3n) is 6.41. The molecule has 1 aromatic heterocycles. The minimum atomic E-state index is -3.96. The van der Waals surface area contributed by atoms with Gasteiger partial charge in [-0.1, -0.05) is 42.5 Å². The molecule has 1 saturated carbocycles. The Bertz CT molecular complexity index is 1340. The molecule has 3 aromatic rings. The van der Waals surface area contributed by atoms with E-state index in [1.54, 1.807) is 31.2 Å². The molecule has 2 unspecified atom stereocenters. The number of ether oxygens (including phenoxy) is 1. The van der Waals surface area contributed by atoms with Crippen molar-refractivity contribution in [1.29, 1.82) is 0 Å². The highest BCUT2D eigenvalue weighted by Crippen LogP contribution is 2.42. The second-order valence-corrected chi connectivity index (χ2v) is 10.8. The van der Waals surface area contributed by atoms with Gasteiger partial charge >= 0.3 is 0 Å². The van der Waals surface area contributed by atoms with Crippen LogP contribution >= 0.6 is 0 Å². The second-order valence-electron chi connectivity index (χ2n) is 8.98. The van der Waals surface area contributed by atoms with Crippen LogP contribution in [0.2, 0.25) is 0 Å². The standard InChI is InChI=1S/C26H27N3O5S/c1-17(18-6-3-2-4-7-18)25(31)28-21-13-24-26(27-14-21)34-22(16-30)15-29(24)35(32,33)23-9-5-8-20(12-23)19-10-11-19/h2-9,12-14,17,19,22,30H,10-11,15-16H2,1H3,(H,28,31). The van der Waals surface area contributed by atoms with Crippen molar-refractivity contribution in [2.24, 2.45) is 0 Å². The van der Waals surface area contributed by atoms with Crippen LogP contribution in [0.4, 0.5) is 11.4 Å². The van der Waals surface area contributed by atoms with Crippen LogP contribution in [0.15, 0.2) is 71.8 Å². The van der Waals surface area contributed by atoms with Gasteiger partial charge in [-0.3, -0.25) is 9.10 Å². The number of hydrogen-bond donors (Lipinski definition) is 2. The third kappa shape index (κ3) is 4.74. The molecular formula is C26H27N3O5S. The van der Waals surface area contributed by atoms with Crippen molar-refractivity contribution >= 4 is 27.3 Å². The monoisotopic (exact) mass is 493 g/mol. The molecule has 1 amide bonds. The van der Waals surface area contributed by atoms with Crippen LogP contribution in [-0.2, 0) is 14.8 Å². The van der Waals surface area contributed by atoms with Crippen molar-refractivity contribution in [3.8, 4) is 5.88 Å². The number of aliphatic hydroxyl groups is 1. The fraction of sp³-hybridized carbons (Fsp3) is 0.308. The maximum atomic E-state index is 13.7. The second kappa shape index (κ2) is 9.31. The first-order valence-electron chi connectivity index (χ1n) is 11.6. The van der Waals surface area contributed by atoms with Crippen molar-refractivity contribution < 1.29 is 23.1 Å². The van der Waals surface area contributed by atoms with E-state index in [1.165, 1.54) is 10.5 Å². The van der Waals surface area contributed by atoms with Crippen molar-refractivity contribution in [1.82, 2.24) is 4.98 Å². The number of fused-ring (bicyclic) bond motifs is 1. The molecule has 0 spiro atoms. The number of carbonyl (C=O) groups is 1. The Labute approximate surface area is 204 Å². The molecule has 1 fully saturated rings. The Balaban J connectivity index is 1.46. The SMILES string of the molecule is CC(C(=O)Nc1cnc2c(c1)N(S(=O)(=O)c1cccc(C3CC3)c1)CC(CO)O2)c1ccccc1. The van der Waals surface area contributed by atoms with E-state index in [9.17, 15) is 18.3 Å². The number of anilines is 2. The van der Waals surface area contributed by atoms with Crippen molar-refractivity contribution in [2.45, 2.75) is 42.6 Å². The fourth-order valence-corrected chi connectivity index (χ4v) is 5.74. The molecule has 2 aliphatic rings. The van der Waals surface area contributed by atoms with E-state index >= 15 is 0 Å². The van der Waals surface area contributed by atoms with Gasteiger partial charge < -0.3 is 15.2 Å². The molecule has 0 bridgehead atoms. The van der Waals surface area contributed by atoms with Gasteiger partial charge in [0.05, 0.1) is 35.8 Å². The lowest BCUT2D eigenvalue weighted by Gasteiger charge is -2.34. The van der Waals surface area contributed by atoms with Gasteiger partial charge in [0.15, 0.2) is 0 Å². The first-order valence-corrected chi connectivity index (χ1v) is 13.1. The quantitative estimate of drug-likeness (QED) is 0.520. The van der Waals surface area contributed by atoms with Gasteiger partial charge in [-0.05, 0) is 55.0 Å². The summed E-state index contributed by atoms with van der Waals surface area (Å²) < 4.78 is 34.3. The molecule has 1 aliphatic heterocycles. The predicted octanol–water partition coefficient (Wildman–Crippen LogP) is 3.65. The van der Waals surface area contributed by atoms with Crippen molar-refractivity contribution in [3.63, 3.8) is 0 Å². The number of sulfonamides is 1. The Morgan fingerprint density at radius 3 is 2.66 bits per heavy atom. The molecule has 2 aromatic carbocycles. The lowest BCUT2D eigenvalue weighted by atomic mass is 10.0. The summed E-state index contributed by atoms with van der Waals surface area (Å²) in [5, 5.41) is 12.5. The lowest BCUT2D eigenvalue weighted by molar-refractivity contribution is -0.117. The minimum absolute atomic E-state index is 0.0704. The summed E-state index contributed by atoms with van der Waals surface area (Å²) in [5.41, 5.74) is 2.45. The van der Waals surface area contributed by atoms with Crippen LogP contribution < -0.4 is 14.4 Å². The number of nitrogens with zero attached hydrogens (tertiary/aromatic N) is 2. The molecule has 2 atom stereocenters. The normalized spacial score (nSPS) is 18.3. The summed E-state index contributed by atoms with van der Waals surface area (Å²) >= 11 is 0. The number of nitrogens with one attached hydrogen (secondary N) is 1. The lowest BCUT2D eigenvalue weighted by Crippen LogP contribution is -2.45. The molecule has 0 radical (unpaired) electrons. The molecule has 5 rings (SSSR count). The highest BCUT2D eigenvalue weighted by molar-refractivity contribution is 7.92. The fourth-order valence-electron chi connectivity index (χ4n) is 4.20. The molecular weight excluding hydrogens is 466 g/mol. The maximum absolute atomic E-state index is 13.7. The zero-order chi connectivity index (χ0) is 24.6. The van der Waals surface area contributed by atoms with E-state index in [-0.39, 0.29) is 35.5 Å². The smallest absolute Gasteiger partial charge is 0.264 e. The van der Waals surface area contributed by atoms with E-state index in [0.717, 1.165) is 24.0 Å². The number of aromatic nitrogens is 1. The average molecular weight is 494 g/mol. The molecule has 0 saturated heterocycles. The summed E-state index contributed by atoms with van der Waals surface area (Å²) in [6.45, 7) is 1.37. The zero-order valence-corrected chi connectivity index (χ0v) is 20.1. The van der Waals surface area contributed by atoms with E-state index in [4.69, 9.17) is 4.74 Å². The number of benzene rings is 2. The van der Waals surface area contributed by atoms with E-state index in [0.29, 0.717) is 11.6 Å². The topological polar surface area (TPSA) is 109 Å². The summed E-state index contributed by atoms with van der Waals surface area (Å²) in [4.78, 5) is 17.3. The number of carbonyl (C=O) groups excluding carboxylic acids is 1. The number of rotatable bonds is 7. The summed E-state index contributed by atoms with van der Waals surface area (Å²) in [5.74, 6) is -0.157. The highest BCUT2D eigenvalue weighted by atomic mass is 32.2. The van der Waals surface area contributed by atoms with Gasteiger partial charge in [0.1, 0.15) is 11.8 Å². The van der Waals surface area contributed by atoms with Crippen LogP contribution in [0.1, 0.15) is 42.7 Å². The Hall–Kier alpha value is -3.43. The Morgan fingerprint density at radius 2 is 1.94 bits per heavy atom. The number of pyridine rings is 1. The average Bonchev–Trinajstić information content (AvgIpc) is 3.74. The molecule has 182 valence electrons. The van der Waals surface area contributed by atoms with Crippen LogP contribution in [0.5, 0.6) is 5.88 Å². The zero-order valence-electron chi connectivity index (χ0n) is 19.3.